The third kappa shape index (κ3) is 3.69. The highest BCUT2D eigenvalue weighted by Crippen LogP contribution is 2.31. The number of ether oxygens (including phenoxy) is 2. The first-order valence-corrected chi connectivity index (χ1v) is 9.39. The lowest BCUT2D eigenvalue weighted by atomic mass is 10.1. The van der Waals surface area contributed by atoms with E-state index in [1.165, 1.54) is 0 Å². The number of phenolic OH excluding ortho intramolecular Hbond substituents is 2. The molecule has 1 heterocycles. The highest BCUT2D eigenvalue weighted by molar-refractivity contribution is 5.86. The van der Waals surface area contributed by atoms with E-state index >= 15 is 0 Å². The minimum absolute atomic E-state index is 0.232. The molecule has 0 saturated carbocycles. The summed E-state index contributed by atoms with van der Waals surface area (Å²) in [5.41, 5.74) is 0. The number of aromatic hydroxyl groups is 2. The maximum atomic E-state index is 9.59. The molecule has 0 aliphatic heterocycles. The average molecular weight is 395 g/mol. The van der Waals surface area contributed by atoms with Crippen LogP contribution in [0.1, 0.15) is 0 Å². The number of hydrogen-bond donors (Lipinski definition) is 2. The van der Waals surface area contributed by atoms with Crippen LogP contribution in [0.4, 0.5) is 0 Å². The van der Waals surface area contributed by atoms with Crippen molar-refractivity contribution >= 4 is 21.5 Å². The van der Waals surface area contributed by atoms with E-state index in [0.29, 0.717) is 23.0 Å². The second-order valence-corrected chi connectivity index (χ2v) is 6.95. The Morgan fingerprint density at radius 2 is 0.900 bits per heavy atom. The van der Waals surface area contributed by atoms with Gasteiger partial charge in [-0.15, -0.1) is 0 Å². The van der Waals surface area contributed by atoms with Crippen LogP contribution in [0.25, 0.3) is 21.5 Å². The van der Waals surface area contributed by atoms with Gasteiger partial charge in [-0.1, -0.05) is 24.3 Å². The summed E-state index contributed by atoms with van der Waals surface area (Å²) in [5, 5.41) is 23.0. The second kappa shape index (κ2) is 7.29. The zero-order valence-electron chi connectivity index (χ0n) is 15.8. The van der Waals surface area contributed by atoms with Gasteiger partial charge >= 0.3 is 0 Å². The van der Waals surface area contributed by atoms with Crippen LogP contribution in [0.3, 0.4) is 0 Å². The molecule has 0 unspecified atom stereocenters. The Balaban J connectivity index is 1.37. The van der Waals surface area contributed by atoms with Crippen LogP contribution in [0.2, 0.25) is 0 Å². The number of benzene rings is 4. The molecule has 1 aromatic heterocycles. The summed E-state index contributed by atoms with van der Waals surface area (Å²) in [5.74, 6) is 2.90. The van der Waals surface area contributed by atoms with Crippen molar-refractivity contribution < 1.29 is 19.7 Å². The molecule has 0 saturated heterocycles. The number of aromatic nitrogens is 1. The van der Waals surface area contributed by atoms with Crippen molar-refractivity contribution in [1.29, 1.82) is 0 Å². The van der Waals surface area contributed by atoms with Crippen molar-refractivity contribution in [1.82, 2.24) is 4.98 Å². The van der Waals surface area contributed by atoms with Crippen molar-refractivity contribution in [3.05, 3.63) is 91.3 Å². The first-order valence-electron chi connectivity index (χ1n) is 9.39. The van der Waals surface area contributed by atoms with Gasteiger partial charge < -0.3 is 19.7 Å². The molecule has 5 aromatic rings. The zero-order valence-corrected chi connectivity index (χ0v) is 15.8. The van der Waals surface area contributed by atoms with Crippen LogP contribution in [0.5, 0.6) is 34.5 Å². The second-order valence-electron chi connectivity index (χ2n) is 6.95. The van der Waals surface area contributed by atoms with Gasteiger partial charge in [0.25, 0.3) is 0 Å². The molecule has 0 aliphatic carbocycles. The summed E-state index contributed by atoms with van der Waals surface area (Å²) in [6, 6.07) is 23.4. The molecule has 0 radical (unpaired) electrons. The number of hydrogen-bond acceptors (Lipinski definition) is 5. The van der Waals surface area contributed by atoms with E-state index in [9.17, 15) is 10.2 Å². The molecule has 0 amide bonds. The van der Waals surface area contributed by atoms with Crippen molar-refractivity contribution in [3.8, 4) is 34.5 Å². The molecule has 0 spiro atoms. The first-order chi connectivity index (χ1) is 14.6. The predicted molar refractivity (Wildman–Crippen MR) is 116 cm³/mol. The lowest BCUT2D eigenvalue weighted by Crippen LogP contribution is -1.89. The van der Waals surface area contributed by atoms with Gasteiger partial charge in [-0.2, -0.15) is 0 Å². The fourth-order valence-corrected chi connectivity index (χ4v) is 3.33. The van der Waals surface area contributed by atoms with Crippen molar-refractivity contribution in [2.75, 3.05) is 0 Å². The van der Waals surface area contributed by atoms with Crippen molar-refractivity contribution in [3.63, 3.8) is 0 Å². The summed E-state index contributed by atoms with van der Waals surface area (Å²) < 4.78 is 11.9. The van der Waals surface area contributed by atoms with Gasteiger partial charge in [0.2, 0.25) is 0 Å². The summed E-state index contributed by atoms with van der Waals surface area (Å²) >= 11 is 0. The van der Waals surface area contributed by atoms with E-state index in [1.54, 1.807) is 42.7 Å². The van der Waals surface area contributed by atoms with E-state index in [-0.39, 0.29) is 11.5 Å². The van der Waals surface area contributed by atoms with Gasteiger partial charge in [0.15, 0.2) is 0 Å². The Hall–Kier alpha value is -4.25. The summed E-state index contributed by atoms with van der Waals surface area (Å²) in [7, 11) is 0. The minimum atomic E-state index is 0.232. The number of rotatable bonds is 4. The summed E-state index contributed by atoms with van der Waals surface area (Å²) in [6.07, 6.45) is 3.24. The molecule has 5 rings (SSSR count). The summed E-state index contributed by atoms with van der Waals surface area (Å²) in [4.78, 5) is 4.21. The molecule has 5 heteroatoms. The van der Waals surface area contributed by atoms with Gasteiger partial charge in [0, 0.05) is 6.07 Å². The largest absolute Gasteiger partial charge is 0.508 e. The van der Waals surface area contributed by atoms with Crippen LogP contribution in [0.15, 0.2) is 91.3 Å². The van der Waals surface area contributed by atoms with E-state index in [2.05, 4.69) is 4.98 Å². The molecule has 4 aromatic carbocycles. The zero-order chi connectivity index (χ0) is 20.5. The van der Waals surface area contributed by atoms with Gasteiger partial charge in [0.05, 0.1) is 12.4 Å². The van der Waals surface area contributed by atoms with Crippen LogP contribution in [0, 0.1) is 0 Å². The molecule has 0 aliphatic rings. The van der Waals surface area contributed by atoms with Crippen LogP contribution < -0.4 is 9.47 Å². The van der Waals surface area contributed by atoms with E-state index in [1.807, 2.05) is 48.5 Å². The van der Waals surface area contributed by atoms with Crippen LogP contribution in [-0.2, 0) is 0 Å². The Labute approximate surface area is 172 Å². The average Bonchev–Trinajstić information content (AvgIpc) is 2.74. The van der Waals surface area contributed by atoms with Crippen molar-refractivity contribution in [2.24, 2.45) is 0 Å². The minimum Gasteiger partial charge on any atom is -0.508 e. The predicted octanol–water partition coefficient (Wildman–Crippen LogP) is 6.38. The normalized spacial score (nSPS) is 10.9. The van der Waals surface area contributed by atoms with Gasteiger partial charge in [-0.3, -0.25) is 4.98 Å². The highest BCUT2D eigenvalue weighted by atomic mass is 16.5. The first kappa shape index (κ1) is 17.8. The maximum Gasteiger partial charge on any atom is 0.149 e. The van der Waals surface area contributed by atoms with E-state index in [4.69, 9.17) is 9.47 Å². The third-order valence-electron chi connectivity index (χ3n) is 4.75. The molecule has 30 heavy (non-hydrogen) atoms. The Morgan fingerprint density at radius 1 is 0.467 bits per heavy atom. The monoisotopic (exact) mass is 395 g/mol. The third-order valence-corrected chi connectivity index (χ3v) is 4.75. The summed E-state index contributed by atoms with van der Waals surface area (Å²) in [6.45, 7) is 0. The van der Waals surface area contributed by atoms with Crippen molar-refractivity contribution in [2.45, 2.75) is 0 Å². The molecular weight excluding hydrogens is 378 g/mol. The molecule has 0 atom stereocenters. The smallest absolute Gasteiger partial charge is 0.149 e. The van der Waals surface area contributed by atoms with Gasteiger partial charge in [-0.25, -0.2) is 0 Å². The quantitative estimate of drug-likeness (QED) is 0.369. The lowest BCUT2D eigenvalue weighted by Gasteiger charge is -2.10. The van der Waals surface area contributed by atoms with Crippen LogP contribution in [-0.4, -0.2) is 15.2 Å². The van der Waals surface area contributed by atoms with Crippen LogP contribution >= 0.6 is 0 Å². The standard InChI is InChI=1S/C25H17NO4/c27-20-5-1-18-11-22(7-3-16(18)9-20)29-24-13-25(15-26-14-24)30-23-8-4-17-10-21(28)6-2-19(17)12-23/h1-15,27-28H. The fraction of sp³-hybridized carbons (Fsp3) is 0. The highest BCUT2D eigenvalue weighted by Gasteiger charge is 2.05. The molecule has 0 bridgehead atoms. The number of pyridine rings is 1. The lowest BCUT2D eigenvalue weighted by molar-refractivity contribution is 0.456. The topological polar surface area (TPSA) is 71.8 Å². The molecule has 146 valence electrons. The molecule has 0 fully saturated rings. The number of nitrogens with zero attached hydrogens (tertiary/aromatic N) is 1. The Kier molecular flexibility index (Phi) is 4.33. The molecule has 2 N–H and O–H groups in total. The van der Waals surface area contributed by atoms with E-state index in [0.717, 1.165) is 21.5 Å². The van der Waals surface area contributed by atoms with E-state index < -0.39 is 0 Å². The SMILES string of the molecule is Oc1ccc2cc(Oc3cncc(Oc4ccc5cc(O)ccc5c4)c3)ccc2c1. The Bertz CT molecular complexity index is 1280. The molecule has 5 nitrogen and oxygen atoms in total. The number of phenols is 2. The Morgan fingerprint density at radius 3 is 1.40 bits per heavy atom. The fourth-order valence-electron chi connectivity index (χ4n) is 3.33. The molecular formula is C25H17NO4. The maximum absolute atomic E-state index is 9.59. The van der Waals surface area contributed by atoms with Gasteiger partial charge in [-0.05, 0) is 70.1 Å². The van der Waals surface area contributed by atoms with Gasteiger partial charge in [0.1, 0.15) is 34.5 Å². The number of fused-ring (bicyclic) bond motifs is 2.